The van der Waals surface area contributed by atoms with Crippen molar-refractivity contribution in [3.8, 4) is 17.2 Å². The van der Waals surface area contributed by atoms with Gasteiger partial charge in [0.05, 0.1) is 19.3 Å². The third-order valence-electron chi connectivity index (χ3n) is 6.89. The lowest BCUT2D eigenvalue weighted by atomic mass is 9.71. The van der Waals surface area contributed by atoms with Gasteiger partial charge in [-0.3, -0.25) is 4.79 Å². The molecule has 8 heteroatoms. The molecule has 2 aromatic rings. The van der Waals surface area contributed by atoms with Crippen LogP contribution in [0.3, 0.4) is 0 Å². The number of fused-ring (bicyclic) bond motifs is 1. The average Bonchev–Trinajstić information content (AvgIpc) is 3.36. The van der Waals surface area contributed by atoms with Crippen molar-refractivity contribution in [3.63, 3.8) is 0 Å². The molecule has 0 aromatic heterocycles. The van der Waals surface area contributed by atoms with Gasteiger partial charge in [0.15, 0.2) is 17.3 Å². The number of carbonyl (C=O) groups is 2. The Morgan fingerprint density at radius 3 is 2.50 bits per heavy atom. The molecule has 1 aliphatic carbocycles. The van der Waals surface area contributed by atoms with Crippen LogP contribution in [-0.4, -0.2) is 46.0 Å². The lowest BCUT2D eigenvalue weighted by Gasteiger charge is -2.36. The van der Waals surface area contributed by atoms with Crippen molar-refractivity contribution in [2.75, 3.05) is 34.2 Å². The van der Waals surface area contributed by atoms with Crippen LogP contribution in [0.1, 0.15) is 42.7 Å². The first-order valence-electron chi connectivity index (χ1n) is 11.9. The number of nitrogens with one attached hydrogen (secondary N) is 1. The van der Waals surface area contributed by atoms with E-state index in [4.69, 9.17) is 23.7 Å². The monoisotopic (exact) mass is 491 g/mol. The second-order valence-corrected chi connectivity index (χ2v) is 9.03. The molecule has 0 saturated carbocycles. The molecule has 0 saturated heterocycles. The fourth-order valence-electron chi connectivity index (χ4n) is 5.14. The number of hydrogen-bond acceptors (Lipinski definition) is 8. The van der Waals surface area contributed by atoms with Gasteiger partial charge in [0.2, 0.25) is 6.79 Å². The molecule has 0 unspecified atom stereocenters. The minimum absolute atomic E-state index is 0.00178. The molecule has 2 atom stereocenters. The maximum Gasteiger partial charge on any atom is 0.336 e. The summed E-state index contributed by atoms with van der Waals surface area (Å²) in [7, 11) is 3.18. The normalized spacial score (nSPS) is 20.7. The number of ketones is 1. The average molecular weight is 492 g/mol. The van der Waals surface area contributed by atoms with Gasteiger partial charge in [-0.05, 0) is 54.7 Å². The lowest BCUT2D eigenvalue weighted by molar-refractivity contribution is -0.140. The second-order valence-electron chi connectivity index (χ2n) is 9.03. The number of methoxy groups -OCH3 is 2. The molecule has 2 heterocycles. The van der Waals surface area contributed by atoms with Gasteiger partial charge in [-0.25, -0.2) is 4.79 Å². The molecule has 0 spiro atoms. The number of esters is 1. The Morgan fingerprint density at radius 2 is 1.75 bits per heavy atom. The first kappa shape index (κ1) is 23.9. The Bertz CT molecular complexity index is 1250. The van der Waals surface area contributed by atoms with Gasteiger partial charge in [-0.2, -0.15) is 0 Å². The van der Waals surface area contributed by atoms with Crippen LogP contribution in [0, 0.1) is 0 Å². The highest BCUT2D eigenvalue weighted by molar-refractivity contribution is 6.04. The minimum Gasteiger partial charge on any atom is -0.497 e. The highest BCUT2D eigenvalue weighted by atomic mass is 16.7. The minimum atomic E-state index is -0.574. The van der Waals surface area contributed by atoms with Gasteiger partial charge in [0.1, 0.15) is 12.4 Å². The largest absolute Gasteiger partial charge is 0.497 e. The predicted molar refractivity (Wildman–Crippen MR) is 131 cm³/mol. The SMILES string of the molecule is COCCOC(=O)C1=C(C)NC2=C(C(=O)C[C@H](c3ccc(OC)cc3)C2)[C@@H]1c1ccc2c(c1)OCO2. The highest BCUT2D eigenvalue weighted by Gasteiger charge is 2.41. The number of Topliss-reactive ketones (excluding diaryl/α,β-unsaturated/α-hetero) is 1. The number of rotatable bonds is 7. The summed E-state index contributed by atoms with van der Waals surface area (Å²) in [6.07, 6.45) is 0.997. The molecule has 3 aliphatic rings. The number of allylic oxidation sites excluding steroid dienone is 3. The smallest absolute Gasteiger partial charge is 0.336 e. The first-order valence-corrected chi connectivity index (χ1v) is 11.9. The summed E-state index contributed by atoms with van der Waals surface area (Å²) in [5.74, 6) is 0.983. The zero-order valence-corrected chi connectivity index (χ0v) is 20.6. The summed E-state index contributed by atoms with van der Waals surface area (Å²) in [4.78, 5) is 27.0. The number of dihydropyridines is 1. The van der Waals surface area contributed by atoms with Crippen molar-refractivity contribution in [1.82, 2.24) is 5.32 Å². The van der Waals surface area contributed by atoms with Gasteiger partial charge < -0.3 is 29.0 Å². The molecule has 1 N–H and O–H groups in total. The Morgan fingerprint density at radius 1 is 1.00 bits per heavy atom. The summed E-state index contributed by atoms with van der Waals surface area (Å²) in [5.41, 5.74) is 4.37. The summed E-state index contributed by atoms with van der Waals surface area (Å²) in [6, 6.07) is 13.4. The Balaban J connectivity index is 1.53. The Hall–Kier alpha value is -3.78. The molecule has 0 fully saturated rings. The van der Waals surface area contributed by atoms with Crippen molar-refractivity contribution >= 4 is 11.8 Å². The summed E-state index contributed by atoms with van der Waals surface area (Å²) in [5, 5.41) is 3.37. The van der Waals surface area contributed by atoms with Crippen LogP contribution in [-0.2, 0) is 19.1 Å². The van der Waals surface area contributed by atoms with Crippen molar-refractivity contribution < 1.29 is 33.3 Å². The molecule has 8 nitrogen and oxygen atoms in total. The summed E-state index contributed by atoms with van der Waals surface area (Å²) < 4.78 is 26.9. The van der Waals surface area contributed by atoms with E-state index in [9.17, 15) is 9.59 Å². The fourth-order valence-corrected chi connectivity index (χ4v) is 5.14. The van der Waals surface area contributed by atoms with Crippen LogP contribution in [0.5, 0.6) is 17.2 Å². The lowest BCUT2D eigenvalue weighted by Crippen LogP contribution is -2.36. The third-order valence-corrected chi connectivity index (χ3v) is 6.89. The van der Waals surface area contributed by atoms with E-state index < -0.39 is 11.9 Å². The Kier molecular flexibility index (Phi) is 6.69. The van der Waals surface area contributed by atoms with E-state index >= 15 is 0 Å². The number of benzene rings is 2. The fraction of sp³-hybridized carbons (Fsp3) is 0.357. The zero-order valence-electron chi connectivity index (χ0n) is 20.6. The maximum atomic E-state index is 13.7. The molecular formula is C28H29NO7. The Labute approximate surface area is 209 Å². The van der Waals surface area contributed by atoms with Crippen LogP contribution < -0.4 is 19.5 Å². The van der Waals surface area contributed by atoms with Gasteiger partial charge in [0.25, 0.3) is 0 Å². The zero-order chi connectivity index (χ0) is 25.2. The quantitative estimate of drug-likeness (QED) is 0.460. The number of carbonyl (C=O) groups excluding carboxylic acids is 2. The van der Waals surface area contributed by atoms with E-state index in [1.54, 1.807) is 14.2 Å². The van der Waals surface area contributed by atoms with Crippen LogP contribution in [0.2, 0.25) is 0 Å². The van der Waals surface area contributed by atoms with E-state index in [0.717, 1.165) is 22.6 Å². The highest BCUT2D eigenvalue weighted by Crippen LogP contribution is 2.47. The third kappa shape index (κ3) is 4.44. The summed E-state index contributed by atoms with van der Waals surface area (Å²) >= 11 is 0. The van der Waals surface area contributed by atoms with Crippen LogP contribution in [0.15, 0.2) is 65.0 Å². The predicted octanol–water partition coefficient (Wildman–Crippen LogP) is 3.98. The van der Waals surface area contributed by atoms with E-state index in [0.29, 0.717) is 41.2 Å². The molecule has 2 aromatic carbocycles. The van der Waals surface area contributed by atoms with Crippen LogP contribution in [0.4, 0.5) is 0 Å². The molecule has 2 aliphatic heterocycles. The first-order chi connectivity index (χ1) is 17.5. The number of hydrogen-bond donors (Lipinski definition) is 1. The molecule has 5 rings (SSSR count). The van der Waals surface area contributed by atoms with E-state index in [2.05, 4.69) is 5.32 Å². The van der Waals surface area contributed by atoms with Crippen molar-refractivity contribution in [3.05, 3.63) is 76.1 Å². The molecular weight excluding hydrogens is 462 g/mol. The maximum absolute atomic E-state index is 13.7. The molecule has 188 valence electrons. The van der Waals surface area contributed by atoms with Crippen LogP contribution in [0.25, 0.3) is 0 Å². The summed E-state index contributed by atoms with van der Waals surface area (Å²) in [6.45, 7) is 2.40. The van der Waals surface area contributed by atoms with E-state index in [-0.39, 0.29) is 31.7 Å². The van der Waals surface area contributed by atoms with Crippen molar-refractivity contribution in [2.45, 2.75) is 31.6 Å². The van der Waals surface area contributed by atoms with Gasteiger partial charge >= 0.3 is 5.97 Å². The standard InChI is InChI=1S/C28H29NO7/c1-16-25(28(31)34-11-10-32-2)26(18-6-9-23-24(14-18)36-15-35-23)27-21(29-16)12-19(13-22(27)30)17-4-7-20(33-3)8-5-17/h4-9,14,19,26,29H,10-13,15H2,1-3H3/t19-,26-/m1/s1. The molecule has 0 radical (unpaired) electrons. The number of ether oxygens (including phenoxy) is 5. The van der Waals surface area contributed by atoms with Gasteiger partial charge in [0, 0.05) is 36.4 Å². The van der Waals surface area contributed by atoms with E-state index in [1.807, 2.05) is 49.4 Å². The molecule has 0 bridgehead atoms. The topological polar surface area (TPSA) is 92.3 Å². The van der Waals surface area contributed by atoms with Gasteiger partial charge in [-0.1, -0.05) is 18.2 Å². The second kappa shape index (κ2) is 10.1. The van der Waals surface area contributed by atoms with Crippen LogP contribution >= 0.6 is 0 Å². The van der Waals surface area contributed by atoms with E-state index in [1.165, 1.54) is 0 Å². The molecule has 0 amide bonds. The van der Waals surface area contributed by atoms with Gasteiger partial charge in [-0.15, -0.1) is 0 Å². The molecule has 36 heavy (non-hydrogen) atoms. The van der Waals surface area contributed by atoms with Crippen molar-refractivity contribution in [2.24, 2.45) is 0 Å². The van der Waals surface area contributed by atoms with Crippen molar-refractivity contribution in [1.29, 1.82) is 0 Å².